The van der Waals surface area contributed by atoms with Gasteiger partial charge in [0, 0.05) is 13.5 Å². The van der Waals surface area contributed by atoms with Gasteiger partial charge in [-0.3, -0.25) is 4.79 Å². The summed E-state index contributed by atoms with van der Waals surface area (Å²) in [7, 11) is -3.74. The number of sulfonamides is 1. The van der Waals surface area contributed by atoms with Crippen molar-refractivity contribution in [1.29, 1.82) is 0 Å². The van der Waals surface area contributed by atoms with Crippen molar-refractivity contribution < 1.29 is 18.3 Å². The van der Waals surface area contributed by atoms with Gasteiger partial charge in [0.15, 0.2) is 0 Å². The fourth-order valence-electron chi connectivity index (χ4n) is 0.983. The van der Waals surface area contributed by atoms with Gasteiger partial charge >= 0.3 is 0 Å². The van der Waals surface area contributed by atoms with Crippen LogP contribution in [0.15, 0.2) is 4.34 Å². The molecule has 0 aliphatic carbocycles. The van der Waals surface area contributed by atoms with Crippen LogP contribution in [0.4, 0.5) is 5.13 Å². The molecular weight excluding hydrogens is 280 g/mol. The maximum atomic E-state index is 11.7. The molecule has 3 N–H and O–H groups in total. The SMILES string of the molecule is CC(=O)Nc1nnc(S(=O)(=O)NCCC(C)O)s1. The zero-order valence-corrected chi connectivity index (χ0v) is 11.5. The van der Waals surface area contributed by atoms with Crippen molar-refractivity contribution in [3.05, 3.63) is 0 Å². The highest BCUT2D eigenvalue weighted by Gasteiger charge is 2.20. The summed E-state index contributed by atoms with van der Waals surface area (Å²) in [4.78, 5) is 10.8. The predicted octanol–water partition coefficient (Wildman–Crippen LogP) is -0.454. The molecule has 102 valence electrons. The molecule has 1 rings (SSSR count). The lowest BCUT2D eigenvalue weighted by Gasteiger charge is -2.04. The second kappa shape index (κ2) is 6.18. The first-order chi connectivity index (χ1) is 8.31. The van der Waals surface area contributed by atoms with Gasteiger partial charge in [-0.05, 0) is 13.3 Å². The molecule has 1 amide bonds. The van der Waals surface area contributed by atoms with Crippen molar-refractivity contribution in [1.82, 2.24) is 14.9 Å². The maximum Gasteiger partial charge on any atom is 0.269 e. The molecule has 0 aromatic carbocycles. The minimum atomic E-state index is -3.74. The van der Waals surface area contributed by atoms with Crippen LogP contribution in [-0.2, 0) is 14.8 Å². The monoisotopic (exact) mass is 294 g/mol. The van der Waals surface area contributed by atoms with Crippen LogP contribution in [-0.4, -0.2) is 42.3 Å². The van der Waals surface area contributed by atoms with E-state index < -0.39 is 16.1 Å². The molecule has 0 fully saturated rings. The molecule has 0 aliphatic rings. The Kier molecular flexibility index (Phi) is 5.14. The fourth-order valence-corrected chi connectivity index (χ4v) is 3.02. The number of nitrogens with one attached hydrogen (secondary N) is 2. The number of rotatable bonds is 6. The normalized spacial score (nSPS) is 13.3. The summed E-state index contributed by atoms with van der Waals surface area (Å²) in [6.45, 7) is 2.96. The second-order valence-electron chi connectivity index (χ2n) is 3.59. The summed E-state index contributed by atoms with van der Waals surface area (Å²) in [6, 6.07) is 0. The highest BCUT2D eigenvalue weighted by molar-refractivity contribution is 7.91. The lowest BCUT2D eigenvalue weighted by atomic mass is 10.3. The zero-order valence-electron chi connectivity index (χ0n) is 9.87. The standard InChI is InChI=1S/C8H14N4O4S2/c1-5(13)3-4-9-18(15,16)8-12-11-7(17-8)10-6(2)14/h5,9,13H,3-4H2,1-2H3,(H,10,11,14). The molecule has 1 heterocycles. The average molecular weight is 294 g/mol. The Bertz CT molecular complexity index is 511. The first-order valence-electron chi connectivity index (χ1n) is 5.10. The van der Waals surface area contributed by atoms with Gasteiger partial charge in [0.05, 0.1) is 6.10 Å². The number of nitrogens with zero attached hydrogens (tertiary/aromatic N) is 2. The Balaban J connectivity index is 2.67. The van der Waals surface area contributed by atoms with Gasteiger partial charge in [0.2, 0.25) is 15.4 Å². The van der Waals surface area contributed by atoms with Crippen molar-refractivity contribution in [2.45, 2.75) is 30.7 Å². The zero-order chi connectivity index (χ0) is 13.8. The Hall–Kier alpha value is -1.10. The smallest absolute Gasteiger partial charge is 0.269 e. The lowest BCUT2D eigenvalue weighted by molar-refractivity contribution is -0.114. The molecule has 1 aromatic heterocycles. The van der Waals surface area contributed by atoms with E-state index in [1.54, 1.807) is 6.92 Å². The number of amides is 1. The second-order valence-corrected chi connectivity index (χ2v) is 6.51. The summed E-state index contributed by atoms with van der Waals surface area (Å²) in [5.74, 6) is -0.350. The van der Waals surface area contributed by atoms with E-state index in [1.165, 1.54) is 6.92 Å². The first-order valence-corrected chi connectivity index (χ1v) is 7.40. The summed E-state index contributed by atoms with van der Waals surface area (Å²) < 4.78 is 25.5. The quantitative estimate of drug-likeness (QED) is 0.611. The van der Waals surface area contributed by atoms with E-state index in [1.807, 2.05) is 0 Å². The molecule has 0 bridgehead atoms. The van der Waals surface area contributed by atoms with E-state index >= 15 is 0 Å². The van der Waals surface area contributed by atoms with Crippen molar-refractivity contribution in [3.8, 4) is 0 Å². The van der Waals surface area contributed by atoms with Crippen molar-refractivity contribution >= 4 is 32.4 Å². The largest absolute Gasteiger partial charge is 0.393 e. The number of carbonyl (C=O) groups is 1. The van der Waals surface area contributed by atoms with Crippen LogP contribution in [0.1, 0.15) is 20.3 Å². The molecule has 0 saturated heterocycles. The molecule has 0 aliphatic heterocycles. The number of carbonyl (C=O) groups excluding carboxylic acids is 1. The van der Waals surface area contributed by atoms with E-state index in [4.69, 9.17) is 5.11 Å². The third kappa shape index (κ3) is 4.64. The fraction of sp³-hybridized carbons (Fsp3) is 0.625. The van der Waals surface area contributed by atoms with Gasteiger partial charge < -0.3 is 10.4 Å². The highest BCUT2D eigenvalue weighted by atomic mass is 32.2. The molecule has 0 saturated carbocycles. The van der Waals surface area contributed by atoms with Crippen LogP contribution in [0.2, 0.25) is 0 Å². The third-order valence-corrected chi connectivity index (χ3v) is 4.44. The molecule has 8 nitrogen and oxygen atoms in total. The minimum absolute atomic E-state index is 0.106. The topological polar surface area (TPSA) is 121 Å². The third-order valence-electron chi connectivity index (χ3n) is 1.77. The molecule has 10 heteroatoms. The highest BCUT2D eigenvalue weighted by Crippen LogP contribution is 2.19. The van der Waals surface area contributed by atoms with E-state index in [0.29, 0.717) is 6.42 Å². The van der Waals surface area contributed by atoms with Gasteiger partial charge in [-0.1, -0.05) is 11.3 Å². The molecule has 18 heavy (non-hydrogen) atoms. The summed E-state index contributed by atoms with van der Waals surface area (Å²) >= 11 is 0.760. The Morgan fingerprint density at radius 3 is 2.72 bits per heavy atom. The van der Waals surface area contributed by atoms with Gasteiger partial charge in [-0.2, -0.15) is 0 Å². The minimum Gasteiger partial charge on any atom is -0.393 e. The van der Waals surface area contributed by atoms with Crippen LogP contribution in [0.25, 0.3) is 0 Å². The first kappa shape index (κ1) is 15.0. The van der Waals surface area contributed by atoms with E-state index in [0.717, 1.165) is 11.3 Å². The number of hydrogen-bond donors (Lipinski definition) is 3. The average Bonchev–Trinajstić information content (AvgIpc) is 2.64. The maximum absolute atomic E-state index is 11.7. The van der Waals surface area contributed by atoms with Crippen LogP contribution in [0.5, 0.6) is 0 Å². The Morgan fingerprint density at radius 2 is 2.17 bits per heavy atom. The molecule has 1 aromatic rings. The van der Waals surface area contributed by atoms with Crippen LogP contribution >= 0.6 is 11.3 Å². The number of anilines is 1. The van der Waals surface area contributed by atoms with Crippen molar-refractivity contribution in [2.75, 3.05) is 11.9 Å². The molecular formula is C8H14N4O4S2. The van der Waals surface area contributed by atoms with Crippen LogP contribution < -0.4 is 10.0 Å². The number of aliphatic hydroxyl groups excluding tert-OH is 1. The Morgan fingerprint density at radius 1 is 1.50 bits per heavy atom. The predicted molar refractivity (Wildman–Crippen MR) is 65.7 cm³/mol. The van der Waals surface area contributed by atoms with E-state index in [2.05, 4.69) is 20.2 Å². The Labute approximate surface area is 108 Å². The van der Waals surface area contributed by atoms with Crippen LogP contribution in [0, 0.1) is 0 Å². The number of aliphatic hydroxyl groups is 1. The summed E-state index contributed by atoms with van der Waals surface area (Å²) in [6.07, 6.45) is -0.284. The number of hydrogen-bond acceptors (Lipinski definition) is 7. The van der Waals surface area contributed by atoms with Crippen LogP contribution in [0.3, 0.4) is 0 Å². The number of aromatic nitrogens is 2. The van der Waals surface area contributed by atoms with E-state index in [-0.39, 0.29) is 21.9 Å². The van der Waals surface area contributed by atoms with Crippen molar-refractivity contribution in [3.63, 3.8) is 0 Å². The molecule has 0 radical (unpaired) electrons. The molecule has 1 atom stereocenters. The van der Waals surface area contributed by atoms with Gasteiger partial charge in [0.1, 0.15) is 0 Å². The summed E-state index contributed by atoms with van der Waals surface area (Å²) in [5.41, 5.74) is 0. The summed E-state index contributed by atoms with van der Waals surface area (Å²) in [5, 5.41) is 18.5. The van der Waals surface area contributed by atoms with Gasteiger partial charge in [-0.25, -0.2) is 13.1 Å². The lowest BCUT2D eigenvalue weighted by Crippen LogP contribution is -2.26. The van der Waals surface area contributed by atoms with Gasteiger partial charge in [0.25, 0.3) is 10.0 Å². The molecule has 0 spiro atoms. The van der Waals surface area contributed by atoms with Crippen molar-refractivity contribution in [2.24, 2.45) is 0 Å². The van der Waals surface area contributed by atoms with E-state index in [9.17, 15) is 13.2 Å². The van der Waals surface area contributed by atoms with Gasteiger partial charge in [-0.15, -0.1) is 10.2 Å². The molecule has 1 unspecified atom stereocenters.